The van der Waals surface area contributed by atoms with Gasteiger partial charge in [0.25, 0.3) is 5.91 Å². The summed E-state index contributed by atoms with van der Waals surface area (Å²) in [6.45, 7) is 0. The second-order valence-electron chi connectivity index (χ2n) is 3.44. The number of benzene rings is 2. The Balaban J connectivity index is 2.22. The van der Waals surface area contributed by atoms with Gasteiger partial charge in [0.1, 0.15) is 0 Å². The zero-order valence-corrected chi connectivity index (χ0v) is 11.1. The van der Waals surface area contributed by atoms with Crippen molar-refractivity contribution < 1.29 is 4.79 Å². The second-order valence-corrected chi connectivity index (χ2v) is 4.74. The third-order valence-electron chi connectivity index (χ3n) is 2.21. The summed E-state index contributed by atoms with van der Waals surface area (Å²) >= 11 is 9.23. The van der Waals surface area contributed by atoms with E-state index < -0.39 is 0 Å². The predicted octanol–water partition coefficient (Wildman–Crippen LogP) is 4.35. The van der Waals surface area contributed by atoms with Crippen molar-refractivity contribution >= 4 is 39.1 Å². The van der Waals surface area contributed by atoms with Gasteiger partial charge in [0.2, 0.25) is 0 Å². The Morgan fingerprint density at radius 3 is 2.53 bits per heavy atom. The quantitative estimate of drug-likeness (QED) is 0.877. The number of carbonyl (C=O) groups excluding carboxylic acids is 1. The minimum Gasteiger partial charge on any atom is -0.321 e. The molecule has 0 atom stereocenters. The van der Waals surface area contributed by atoms with Gasteiger partial charge in [-0.2, -0.15) is 0 Å². The van der Waals surface area contributed by atoms with Crippen molar-refractivity contribution in [3.63, 3.8) is 0 Å². The lowest BCUT2D eigenvalue weighted by molar-refractivity contribution is 0.102. The van der Waals surface area contributed by atoms with Crippen LogP contribution in [0, 0.1) is 0 Å². The van der Waals surface area contributed by atoms with Crippen LogP contribution in [-0.2, 0) is 0 Å². The highest BCUT2D eigenvalue weighted by Crippen LogP contribution is 2.26. The molecule has 0 bridgehead atoms. The first kappa shape index (κ1) is 12.1. The van der Waals surface area contributed by atoms with Crippen molar-refractivity contribution in [2.24, 2.45) is 0 Å². The van der Waals surface area contributed by atoms with Gasteiger partial charge in [-0.05, 0) is 46.3 Å². The SMILES string of the molecule is O=C(Nc1cc(Cl)ccc1Br)c1ccccc1. The number of halogens is 2. The van der Waals surface area contributed by atoms with Crippen molar-refractivity contribution in [3.05, 3.63) is 63.6 Å². The average molecular weight is 311 g/mol. The van der Waals surface area contributed by atoms with Crippen molar-refractivity contribution in [1.82, 2.24) is 0 Å². The van der Waals surface area contributed by atoms with E-state index in [0.29, 0.717) is 16.3 Å². The summed E-state index contributed by atoms with van der Waals surface area (Å²) in [6, 6.07) is 14.3. The summed E-state index contributed by atoms with van der Waals surface area (Å²) in [5.41, 5.74) is 1.27. The van der Waals surface area contributed by atoms with E-state index in [4.69, 9.17) is 11.6 Å². The fourth-order valence-corrected chi connectivity index (χ4v) is 1.90. The molecule has 0 aromatic heterocycles. The molecule has 0 saturated heterocycles. The normalized spacial score (nSPS) is 10.0. The van der Waals surface area contributed by atoms with Gasteiger partial charge in [-0.25, -0.2) is 0 Å². The molecule has 86 valence electrons. The number of hydrogen-bond donors (Lipinski definition) is 1. The maximum atomic E-state index is 11.9. The number of hydrogen-bond acceptors (Lipinski definition) is 1. The van der Waals surface area contributed by atoms with Gasteiger partial charge in [0.05, 0.1) is 5.69 Å². The Hall–Kier alpha value is -1.32. The smallest absolute Gasteiger partial charge is 0.255 e. The molecular weight excluding hydrogens is 302 g/mol. The maximum Gasteiger partial charge on any atom is 0.255 e. The van der Waals surface area contributed by atoms with Crippen molar-refractivity contribution in [3.8, 4) is 0 Å². The van der Waals surface area contributed by atoms with E-state index in [1.54, 1.807) is 30.3 Å². The van der Waals surface area contributed by atoms with E-state index in [0.717, 1.165) is 4.47 Å². The van der Waals surface area contributed by atoms with Crippen molar-refractivity contribution in [1.29, 1.82) is 0 Å². The van der Waals surface area contributed by atoms with Crippen LogP contribution in [0.3, 0.4) is 0 Å². The molecule has 2 nitrogen and oxygen atoms in total. The second kappa shape index (κ2) is 5.34. The Morgan fingerprint density at radius 1 is 1.12 bits per heavy atom. The molecule has 0 aliphatic carbocycles. The highest BCUT2D eigenvalue weighted by Gasteiger charge is 2.07. The summed E-state index contributed by atoms with van der Waals surface area (Å²) in [5, 5.41) is 3.38. The fourth-order valence-electron chi connectivity index (χ4n) is 1.38. The highest BCUT2D eigenvalue weighted by atomic mass is 79.9. The van der Waals surface area contributed by atoms with Crippen LogP contribution in [0.25, 0.3) is 0 Å². The summed E-state index contributed by atoms with van der Waals surface area (Å²) in [6.07, 6.45) is 0. The van der Waals surface area contributed by atoms with Crippen LogP contribution in [0.4, 0.5) is 5.69 Å². The van der Waals surface area contributed by atoms with Crippen LogP contribution in [0.15, 0.2) is 53.0 Å². The maximum absolute atomic E-state index is 11.9. The molecule has 0 aliphatic heterocycles. The van der Waals surface area contributed by atoms with Gasteiger partial charge in [-0.15, -0.1) is 0 Å². The number of nitrogens with one attached hydrogen (secondary N) is 1. The molecule has 2 aromatic carbocycles. The van der Waals surface area contributed by atoms with Crippen LogP contribution >= 0.6 is 27.5 Å². The molecular formula is C13H9BrClNO. The minimum atomic E-state index is -0.159. The predicted molar refractivity (Wildman–Crippen MR) is 73.5 cm³/mol. The number of carbonyl (C=O) groups is 1. The standard InChI is InChI=1S/C13H9BrClNO/c14-11-7-6-10(15)8-12(11)16-13(17)9-4-2-1-3-5-9/h1-8H,(H,16,17). The van der Waals surface area contributed by atoms with Crippen LogP contribution < -0.4 is 5.32 Å². The zero-order chi connectivity index (χ0) is 12.3. The molecule has 1 amide bonds. The third-order valence-corrected chi connectivity index (χ3v) is 3.14. The molecule has 0 spiro atoms. The summed E-state index contributed by atoms with van der Waals surface area (Å²) in [4.78, 5) is 11.9. The van der Waals surface area contributed by atoms with E-state index in [1.165, 1.54) is 0 Å². The Labute approximate surface area is 113 Å². The topological polar surface area (TPSA) is 29.1 Å². The summed E-state index contributed by atoms with van der Waals surface area (Å²) in [5.74, 6) is -0.159. The first-order chi connectivity index (χ1) is 8.16. The number of anilines is 1. The van der Waals surface area contributed by atoms with Crippen LogP contribution in [0.5, 0.6) is 0 Å². The lowest BCUT2D eigenvalue weighted by Crippen LogP contribution is -2.11. The van der Waals surface area contributed by atoms with Crippen LogP contribution in [0.1, 0.15) is 10.4 Å². The van der Waals surface area contributed by atoms with E-state index in [2.05, 4.69) is 21.2 Å². The molecule has 0 radical (unpaired) electrons. The van der Waals surface area contributed by atoms with Gasteiger partial charge in [-0.1, -0.05) is 29.8 Å². The first-order valence-electron chi connectivity index (χ1n) is 4.98. The Morgan fingerprint density at radius 2 is 1.82 bits per heavy atom. The Bertz CT molecular complexity index is 542. The van der Waals surface area contributed by atoms with E-state index in [-0.39, 0.29) is 5.91 Å². The van der Waals surface area contributed by atoms with E-state index in [1.807, 2.05) is 18.2 Å². The minimum absolute atomic E-state index is 0.159. The molecule has 1 N–H and O–H groups in total. The molecule has 0 fully saturated rings. The Kier molecular flexibility index (Phi) is 3.82. The highest BCUT2D eigenvalue weighted by molar-refractivity contribution is 9.10. The molecule has 17 heavy (non-hydrogen) atoms. The van der Waals surface area contributed by atoms with Crippen molar-refractivity contribution in [2.45, 2.75) is 0 Å². The van der Waals surface area contributed by atoms with Gasteiger partial charge in [0, 0.05) is 15.1 Å². The van der Waals surface area contributed by atoms with Gasteiger partial charge < -0.3 is 5.32 Å². The molecule has 4 heteroatoms. The van der Waals surface area contributed by atoms with Crippen LogP contribution in [-0.4, -0.2) is 5.91 Å². The van der Waals surface area contributed by atoms with E-state index in [9.17, 15) is 4.79 Å². The lowest BCUT2D eigenvalue weighted by atomic mass is 10.2. The lowest BCUT2D eigenvalue weighted by Gasteiger charge is -2.07. The van der Waals surface area contributed by atoms with Crippen molar-refractivity contribution in [2.75, 3.05) is 5.32 Å². The number of amides is 1. The van der Waals surface area contributed by atoms with Crippen LogP contribution in [0.2, 0.25) is 5.02 Å². The summed E-state index contributed by atoms with van der Waals surface area (Å²) in [7, 11) is 0. The van der Waals surface area contributed by atoms with Gasteiger partial charge in [-0.3, -0.25) is 4.79 Å². The molecule has 2 rings (SSSR count). The third kappa shape index (κ3) is 3.08. The monoisotopic (exact) mass is 309 g/mol. The average Bonchev–Trinajstić information content (AvgIpc) is 2.35. The molecule has 2 aromatic rings. The molecule has 0 heterocycles. The zero-order valence-electron chi connectivity index (χ0n) is 8.78. The molecule has 0 saturated carbocycles. The fraction of sp³-hybridized carbons (Fsp3) is 0. The number of rotatable bonds is 2. The largest absolute Gasteiger partial charge is 0.321 e. The van der Waals surface area contributed by atoms with E-state index >= 15 is 0 Å². The van der Waals surface area contributed by atoms with Gasteiger partial charge in [0.15, 0.2) is 0 Å². The first-order valence-corrected chi connectivity index (χ1v) is 6.15. The molecule has 0 aliphatic rings. The molecule has 0 unspecified atom stereocenters. The summed E-state index contributed by atoms with van der Waals surface area (Å²) < 4.78 is 0.797. The van der Waals surface area contributed by atoms with Gasteiger partial charge >= 0.3 is 0 Å².